The second-order valence-corrected chi connectivity index (χ2v) is 8.18. The van der Waals surface area contributed by atoms with Gasteiger partial charge in [-0.2, -0.15) is 5.10 Å². The van der Waals surface area contributed by atoms with Crippen LogP contribution in [0, 0.1) is 0 Å². The van der Waals surface area contributed by atoms with E-state index in [1.807, 2.05) is 12.1 Å². The van der Waals surface area contributed by atoms with Crippen LogP contribution in [0.15, 0.2) is 54.6 Å². The van der Waals surface area contributed by atoms with E-state index in [4.69, 9.17) is 5.73 Å². The van der Waals surface area contributed by atoms with Gasteiger partial charge in [-0.05, 0) is 49.9 Å². The third-order valence-corrected chi connectivity index (χ3v) is 5.82. The lowest BCUT2D eigenvalue weighted by molar-refractivity contribution is -0.119. The number of carbonyl (C=O) groups excluding carboxylic acids is 2. The Kier molecular flexibility index (Phi) is 6.23. The number of piperazine rings is 1. The summed E-state index contributed by atoms with van der Waals surface area (Å²) in [5, 5.41) is 10.1. The minimum atomic E-state index is -0.739. The van der Waals surface area contributed by atoms with Crippen LogP contribution in [0.1, 0.15) is 17.3 Å². The number of hydrogen-bond donors (Lipinski definition) is 3. The highest BCUT2D eigenvalue weighted by Crippen LogP contribution is 2.26. The first kappa shape index (κ1) is 21.6. The van der Waals surface area contributed by atoms with Crippen LogP contribution in [-0.2, 0) is 4.79 Å². The van der Waals surface area contributed by atoms with Crippen molar-refractivity contribution in [2.45, 2.75) is 13.0 Å². The van der Waals surface area contributed by atoms with E-state index in [0.717, 1.165) is 48.7 Å². The van der Waals surface area contributed by atoms with E-state index >= 15 is 0 Å². The monoisotopic (exact) mass is 432 g/mol. The zero-order chi connectivity index (χ0) is 22.7. The van der Waals surface area contributed by atoms with Gasteiger partial charge in [-0.3, -0.25) is 14.7 Å². The van der Waals surface area contributed by atoms with Gasteiger partial charge in [0.15, 0.2) is 0 Å². The molecule has 2 heterocycles. The number of aromatic amines is 1. The average molecular weight is 433 g/mol. The van der Waals surface area contributed by atoms with Gasteiger partial charge in [0, 0.05) is 43.0 Å². The lowest BCUT2D eigenvalue weighted by Gasteiger charge is -2.34. The molecule has 0 saturated carbocycles. The number of carbonyl (C=O) groups is 2. The molecular weight excluding hydrogens is 404 g/mol. The van der Waals surface area contributed by atoms with E-state index in [1.165, 1.54) is 5.69 Å². The fourth-order valence-corrected chi connectivity index (χ4v) is 3.70. The van der Waals surface area contributed by atoms with E-state index in [-0.39, 0.29) is 5.91 Å². The SMILES string of the molecule is C[C@H](NC(=O)c1cccc(-c2cc(-c3ccc(N4CCN(C)CC4)cc3)[nH]n2)c1)C(N)=O. The molecular formula is C24H28N6O2. The van der Waals surface area contributed by atoms with Gasteiger partial charge in [0.05, 0.1) is 11.4 Å². The van der Waals surface area contributed by atoms with Crippen LogP contribution in [0.25, 0.3) is 22.5 Å². The van der Waals surface area contributed by atoms with Crippen molar-refractivity contribution in [3.05, 3.63) is 60.2 Å². The molecule has 166 valence electrons. The fraction of sp³-hybridized carbons (Fsp3) is 0.292. The molecule has 0 aliphatic carbocycles. The smallest absolute Gasteiger partial charge is 0.251 e. The molecule has 4 rings (SSSR count). The van der Waals surface area contributed by atoms with Crippen LogP contribution in [0.5, 0.6) is 0 Å². The van der Waals surface area contributed by atoms with Crippen molar-refractivity contribution >= 4 is 17.5 Å². The first-order chi connectivity index (χ1) is 15.4. The van der Waals surface area contributed by atoms with Gasteiger partial charge in [-0.25, -0.2) is 0 Å². The third-order valence-electron chi connectivity index (χ3n) is 5.82. The van der Waals surface area contributed by atoms with E-state index < -0.39 is 11.9 Å². The van der Waals surface area contributed by atoms with Crippen LogP contribution in [0.4, 0.5) is 5.69 Å². The Morgan fingerprint density at radius 2 is 1.75 bits per heavy atom. The molecule has 4 N–H and O–H groups in total. The third kappa shape index (κ3) is 4.81. The second kappa shape index (κ2) is 9.23. The Morgan fingerprint density at radius 3 is 2.44 bits per heavy atom. The molecule has 1 saturated heterocycles. The minimum absolute atomic E-state index is 0.353. The maximum atomic E-state index is 12.4. The first-order valence-electron chi connectivity index (χ1n) is 10.7. The molecule has 0 unspecified atom stereocenters. The topological polar surface area (TPSA) is 107 Å². The predicted molar refractivity (Wildman–Crippen MR) is 125 cm³/mol. The van der Waals surface area contributed by atoms with Crippen LogP contribution in [-0.4, -0.2) is 66.2 Å². The normalized spacial score (nSPS) is 15.4. The summed E-state index contributed by atoms with van der Waals surface area (Å²) in [7, 11) is 2.15. The molecule has 0 bridgehead atoms. The van der Waals surface area contributed by atoms with E-state index in [9.17, 15) is 9.59 Å². The van der Waals surface area contributed by atoms with Crippen LogP contribution >= 0.6 is 0 Å². The maximum absolute atomic E-state index is 12.4. The molecule has 8 nitrogen and oxygen atoms in total. The number of benzene rings is 2. The van der Waals surface area contributed by atoms with Gasteiger partial charge in [0.1, 0.15) is 6.04 Å². The number of primary amides is 1. The Hall–Kier alpha value is -3.65. The van der Waals surface area contributed by atoms with Gasteiger partial charge in [-0.15, -0.1) is 0 Å². The molecule has 1 atom stereocenters. The quantitative estimate of drug-likeness (QED) is 0.553. The molecule has 1 fully saturated rings. The molecule has 2 aromatic carbocycles. The van der Waals surface area contributed by atoms with Crippen molar-refractivity contribution in [3.63, 3.8) is 0 Å². The summed E-state index contributed by atoms with van der Waals surface area (Å²) < 4.78 is 0. The Labute approximate surface area is 187 Å². The number of rotatable bonds is 6. The number of amides is 2. The fourth-order valence-electron chi connectivity index (χ4n) is 3.70. The molecule has 3 aromatic rings. The van der Waals surface area contributed by atoms with Gasteiger partial charge >= 0.3 is 0 Å². The zero-order valence-corrected chi connectivity index (χ0v) is 18.3. The molecule has 0 spiro atoms. The first-order valence-corrected chi connectivity index (χ1v) is 10.7. The van der Waals surface area contributed by atoms with Crippen LogP contribution in [0.2, 0.25) is 0 Å². The largest absolute Gasteiger partial charge is 0.369 e. The van der Waals surface area contributed by atoms with Gasteiger partial charge in [0.25, 0.3) is 5.91 Å². The average Bonchev–Trinajstić information content (AvgIpc) is 3.30. The minimum Gasteiger partial charge on any atom is -0.369 e. The van der Waals surface area contributed by atoms with Gasteiger partial charge in [-0.1, -0.05) is 24.3 Å². The number of anilines is 1. The van der Waals surface area contributed by atoms with E-state index in [0.29, 0.717) is 5.56 Å². The highest BCUT2D eigenvalue weighted by molar-refractivity contribution is 5.98. The van der Waals surface area contributed by atoms with Crippen LogP contribution in [0.3, 0.4) is 0 Å². The Balaban J connectivity index is 1.48. The van der Waals surface area contributed by atoms with Crippen molar-refractivity contribution in [3.8, 4) is 22.5 Å². The van der Waals surface area contributed by atoms with Gasteiger partial charge < -0.3 is 20.9 Å². The maximum Gasteiger partial charge on any atom is 0.251 e. The zero-order valence-electron chi connectivity index (χ0n) is 18.3. The van der Waals surface area contributed by atoms with E-state index in [1.54, 1.807) is 25.1 Å². The Bertz CT molecular complexity index is 1100. The van der Waals surface area contributed by atoms with Crippen molar-refractivity contribution in [2.24, 2.45) is 5.73 Å². The number of nitrogens with zero attached hydrogens (tertiary/aromatic N) is 3. The molecule has 0 radical (unpaired) electrons. The summed E-state index contributed by atoms with van der Waals surface area (Å²) in [5.74, 6) is -0.932. The summed E-state index contributed by atoms with van der Waals surface area (Å²) in [6.45, 7) is 5.77. The Morgan fingerprint density at radius 1 is 1.03 bits per heavy atom. The summed E-state index contributed by atoms with van der Waals surface area (Å²) in [4.78, 5) is 28.3. The molecule has 2 amide bonds. The van der Waals surface area contributed by atoms with Crippen molar-refractivity contribution in [1.29, 1.82) is 0 Å². The number of nitrogens with two attached hydrogens (primary N) is 1. The lowest BCUT2D eigenvalue weighted by Crippen LogP contribution is -2.44. The molecule has 32 heavy (non-hydrogen) atoms. The molecule has 1 aliphatic rings. The number of aromatic nitrogens is 2. The van der Waals surface area contributed by atoms with Gasteiger partial charge in [0.2, 0.25) is 5.91 Å². The molecule has 1 aliphatic heterocycles. The van der Waals surface area contributed by atoms with E-state index in [2.05, 4.69) is 56.6 Å². The predicted octanol–water partition coefficient (Wildman–Crippen LogP) is 2.10. The van der Waals surface area contributed by atoms with Crippen molar-refractivity contribution in [1.82, 2.24) is 20.4 Å². The van der Waals surface area contributed by atoms with Crippen molar-refractivity contribution in [2.75, 3.05) is 38.1 Å². The standard InChI is InChI=1S/C24H28N6O2/c1-16(23(25)31)26-24(32)19-5-3-4-18(14-19)22-15-21(27-28-22)17-6-8-20(9-7-17)30-12-10-29(2)11-13-30/h3-9,14-16H,10-13H2,1-2H3,(H2,25,31)(H,26,32)(H,27,28)/t16-/m0/s1. The number of hydrogen-bond acceptors (Lipinski definition) is 5. The summed E-state index contributed by atoms with van der Waals surface area (Å²) in [5.41, 5.74) is 10.4. The lowest BCUT2D eigenvalue weighted by atomic mass is 10.1. The van der Waals surface area contributed by atoms with Crippen molar-refractivity contribution < 1.29 is 9.59 Å². The van der Waals surface area contributed by atoms with Crippen LogP contribution < -0.4 is 16.0 Å². The highest BCUT2D eigenvalue weighted by Gasteiger charge is 2.16. The molecule has 8 heteroatoms. The summed E-state index contributed by atoms with van der Waals surface area (Å²) in [6, 6.07) is 16.8. The summed E-state index contributed by atoms with van der Waals surface area (Å²) >= 11 is 0. The number of H-pyrrole nitrogens is 1. The second-order valence-electron chi connectivity index (χ2n) is 8.18. The summed E-state index contributed by atoms with van der Waals surface area (Å²) in [6.07, 6.45) is 0. The molecule has 1 aromatic heterocycles. The highest BCUT2D eigenvalue weighted by atomic mass is 16.2. The number of likely N-dealkylation sites (N-methyl/N-ethyl adjacent to an activating group) is 1. The number of nitrogens with one attached hydrogen (secondary N) is 2.